The van der Waals surface area contributed by atoms with Crippen LogP contribution in [0.5, 0.6) is 0 Å². The molecule has 0 fully saturated rings. The van der Waals surface area contributed by atoms with Crippen LogP contribution in [0.25, 0.3) is 0 Å². The van der Waals surface area contributed by atoms with Gasteiger partial charge in [0.2, 0.25) is 0 Å². The molecule has 0 saturated carbocycles. The molecule has 0 aliphatic rings. The number of nitrogens with zero attached hydrogens (tertiary/aromatic N) is 2. The van der Waals surface area contributed by atoms with Crippen molar-refractivity contribution in [3.63, 3.8) is 0 Å². The Morgan fingerprint density at radius 2 is 1.68 bits per heavy atom. The second-order valence-electron chi connectivity index (χ2n) is 4.43. The zero-order valence-corrected chi connectivity index (χ0v) is 14.5. The lowest BCUT2D eigenvalue weighted by atomic mass is 10.2. The lowest BCUT2D eigenvalue weighted by Crippen LogP contribution is -2.39. The number of rotatable bonds is 9. The van der Waals surface area contributed by atoms with Gasteiger partial charge in [0, 0.05) is 36.7 Å². The summed E-state index contributed by atoms with van der Waals surface area (Å²) in [6.07, 6.45) is 4.13. The van der Waals surface area contributed by atoms with E-state index in [-0.39, 0.29) is 5.69 Å². The molecular formula is C14H22N4O2S2. The van der Waals surface area contributed by atoms with Crippen molar-refractivity contribution in [3.05, 3.63) is 39.9 Å². The van der Waals surface area contributed by atoms with Gasteiger partial charge in [-0.2, -0.15) is 23.5 Å². The second kappa shape index (κ2) is 11.2. The topological polar surface area (TPSA) is 79.6 Å². The molecule has 1 aromatic carbocycles. The summed E-state index contributed by atoms with van der Waals surface area (Å²) in [7, 11) is 0. The monoisotopic (exact) mass is 342 g/mol. The normalized spacial score (nSPS) is 10.1. The van der Waals surface area contributed by atoms with Gasteiger partial charge >= 0.3 is 0 Å². The van der Waals surface area contributed by atoms with E-state index in [4.69, 9.17) is 0 Å². The van der Waals surface area contributed by atoms with Crippen LogP contribution in [0.2, 0.25) is 0 Å². The van der Waals surface area contributed by atoms with E-state index in [2.05, 4.69) is 28.1 Å². The highest BCUT2D eigenvalue weighted by Crippen LogP contribution is 2.12. The molecule has 0 heterocycles. The van der Waals surface area contributed by atoms with E-state index in [0.29, 0.717) is 6.54 Å². The number of thioether (sulfide) groups is 2. The molecule has 0 aliphatic carbocycles. The van der Waals surface area contributed by atoms with Crippen LogP contribution in [0.15, 0.2) is 29.3 Å². The number of benzene rings is 1. The Morgan fingerprint density at radius 3 is 2.14 bits per heavy atom. The fraction of sp³-hybridized carbons (Fsp3) is 0.500. The van der Waals surface area contributed by atoms with Crippen molar-refractivity contribution < 1.29 is 4.92 Å². The van der Waals surface area contributed by atoms with Crippen LogP contribution >= 0.6 is 23.5 Å². The van der Waals surface area contributed by atoms with Crippen LogP contribution in [-0.4, -0.2) is 48.0 Å². The van der Waals surface area contributed by atoms with E-state index >= 15 is 0 Å². The summed E-state index contributed by atoms with van der Waals surface area (Å²) in [5.74, 6) is 2.81. The lowest BCUT2D eigenvalue weighted by molar-refractivity contribution is -0.384. The predicted octanol–water partition coefficient (Wildman–Crippen LogP) is 2.36. The van der Waals surface area contributed by atoms with Crippen LogP contribution in [0.3, 0.4) is 0 Å². The summed E-state index contributed by atoms with van der Waals surface area (Å²) in [6.45, 7) is 2.20. The van der Waals surface area contributed by atoms with Crippen molar-refractivity contribution >= 4 is 35.2 Å². The molecule has 0 radical (unpaired) electrons. The van der Waals surface area contributed by atoms with Crippen LogP contribution in [0, 0.1) is 10.1 Å². The zero-order chi connectivity index (χ0) is 16.2. The first kappa shape index (κ1) is 18.6. The number of nitro benzene ring substituents is 1. The maximum absolute atomic E-state index is 10.6. The number of nitrogens with one attached hydrogen (secondary N) is 2. The highest BCUT2D eigenvalue weighted by Gasteiger charge is 2.04. The van der Waals surface area contributed by atoms with E-state index in [9.17, 15) is 10.1 Å². The van der Waals surface area contributed by atoms with Crippen LogP contribution < -0.4 is 10.6 Å². The summed E-state index contributed by atoms with van der Waals surface area (Å²) in [5, 5.41) is 17.2. The number of guanidine groups is 1. The Hall–Kier alpha value is -1.41. The van der Waals surface area contributed by atoms with Crippen molar-refractivity contribution in [2.24, 2.45) is 4.99 Å². The molecule has 0 saturated heterocycles. The lowest BCUT2D eigenvalue weighted by Gasteiger charge is -2.11. The average molecular weight is 342 g/mol. The second-order valence-corrected chi connectivity index (χ2v) is 6.40. The average Bonchev–Trinajstić information content (AvgIpc) is 2.53. The smallest absolute Gasteiger partial charge is 0.269 e. The molecule has 6 nitrogen and oxygen atoms in total. The maximum atomic E-state index is 10.6. The minimum Gasteiger partial charge on any atom is -0.356 e. The van der Waals surface area contributed by atoms with E-state index in [0.717, 1.165) is 36.1 Å². The molecule has 22 heavy (non-hydrogen) atoms. The molecule has 0 aromatic heterocycles. The van der Waals surface area contributed by atoms with Crippen molar-refractivity contribution in [2.45, 2.75) is 6.54 Å². The first-order chi connectivity index (χ1) is 10.7. The predicted molar refractivity (Wildman–Crippen MR) is 97.0 cm³/mol. The highest BCUT2D eigenvalue weighted by atomic mass is 32.2. The Bertz CT molecular complexity index is 468. The van der Waals surface area contributed by atoms with Gasteiger partial charge in [0.05, 0.1) is 11.5 Å². The quantitative estimate of drug-likeness (QED) is 0.236. The minimum atomic E-state index is -0.396. The van der Waals surface area contributed by atoms with Crippen molar-refractivity contribution in [1.82, 2.24) is 10.6 Å². The molecule has 0 bridgehead atoms. The summed E-state index contributed by atoms with van der Waals surface area (Å²) in [4.78, 5) is 14.7. The van der Waals surface area contributed by atoms with Crippen LogP contribution in [0.4, 0.5) is 5.69 Å². The van der Waals surface area contributed by atoms with Crippen LogP contribution in [-0.2, 0) is 6.54 Å². The van der Waals surface area contributed by atoms with E-state index in [1.165, 1.54) is 12.1 Å². The minimum absolute atomic E-state index is 0.101. The van der Waals surface area contributed by atoms with Gasteiger partial charge in [-0.3, -0.25) is 10.1 Å². The maximum Gasteiger partial charge on any atom is 0.269 e. The third kappa shape index (κ3) is 7.56. The van der Waals surface area contributed by atoms with E-state index in [1.807, 2.05) is 0 Å². The third-order valence-corrected chi connectivity index (χ3v) is 3.99. The fourth-order valence-corrected chi connectivity index (χ4v) is 2.22. The largest absolute Gasteiger partial charge is 0.356 e. The van der Waals surface area contributed by atoms with Gasteiger partial charge in [-0.1, -0.05) is 12.1 Å². The molecule has 8 heteroatoms. The first-order valence-corrected chi connectivity index (χ1v) is 9.69. The molecule has 2 N–H and O–H groups in total. The summed E-state index contributed by atoms with van der Waals surface area (Å²) >= 11 is 3.55. The van der Waals surface area contributed by atoms with E-state index < -0.39 is 4.92 Å². The van der Waals surface area contributed by atoms with Gasteiger partial charge in [-0.15, -0.1) is 0 Å². The Kier molecular flexibility index (Phi) is 9.49. The Labute approximate surface area is 139 Å². The van der Waals surface area contributed by atoms with Gasteiger partial charge < -0.3 is 10.6 Å². The number of hydrogen-bond acceptors (Lipinski definition) is 5. The van der Waals surface area contributed by atoms with Crippen molar-refractivity contribution in [1.29, 1.82) is 0 Å². The molecule has 0 unspecified atom stereocenters. The van der Waals surface area contributed by atoms with Gasteiger partial charge in [-0.05, 0) is 18.1 Å². The Balaban J connectivity index is 2.58. The molecule has 0 spiro atoms. The molecule has 122 valence electrons. The zero-order valence-electron chi connectivity index (χ0n) is 12.9. The molecule has 0 aliphatic heterocycles. The molecule has 0 atom stereocenters. The summed E-state index contributed by atoms with van der Waals surface area (Å²) in [6, 6.07) is 6.49. The third-order valence-electron chi connectivity index (χ3n) is 2.76. The molecule has 1 rings (SSSR count). The fourth-order valence-electron chi connectivity index (χ4n) is 1.61. The number of hydrogen-bond donors (Lipinski definition) is 2. The Morgan fingerprint density at radius 1 is 1.14 bits per heavy atom. The van der Waals surface area contributed by atoms with Crippen molar-refractivity contribution in [3.8, 4) is 0 Å². The SMILES string of the molecule is CSCCNC(=NCc1ccc([N+](=O)[O-])cc1)NCCSC. The molecule has 0 amide bonds. The van der Waals surface area contributed by atoms with Crippen LogP contribution in [0.1, 0.15) is 5.56 Å². The van der Waals surface area contributed by atoms with Gasteiger partial charge in [0.1, 0.15) is 0 Å². The first-order valence-electron chi connectivity index (χ1n) is 6.90. The molecule has 1 aromatic rings. The molecular weight excluding hydrogens is 320 g/mol. The standard InChI is InChI=1S/C14H22N4O2S2/c1-21-9-7-15-14(16-8-10-22-2)17-11-12-3-5-13(6-4-12)18(19)20/h3-6H,7-11H2,1-2H3,(H2,15,16,17). The number of non-ortho nitro benzene ring substituents is 1. The number of aliphatic imine (C=N–C) groups is 1. The van der Waals surface area contributed by atoms with Crippen molar-refractivity contribution in [2.75, 3.05) is 37.1 Å². The van der Waals surface area contributed by atoms with Gasteiger partial charge in [-0.25, -0.2) is 4.99 Å². The van der Waals surface area contributed by atoms with Gasteiger partial charge in [0.25, 0.3) is 5.69 Å². The summed E-state index contributed by atoms with van der Waals surface area (Å²) < 4.78 is 0. The van der Waals surface area contributed by atoms with E-state index in [1.54, 1.807) is 35.7 Å². The summed E-state index contributed by atoms with van der Waals surface area (Å²) in [5.41, 5.74) is 1.05. The van der Waals surface area contributed by atoms with Gasteiger partial charge in [0.15, 0.2) is 5.96 Å². The number of nitro groups is 1. The highest BCUT2D eigenvalue weighted by molar-refractivity contribution is 7.98.